The van der Waals surface area contributed by atoms with Crippen LogP contribution in [-0.4, -0.2) is 11.2 Å². The van der Waals surface area contributed by atoms with E-state index in [1.54, 1.807) is 0 Å². The van der Waals surface area contributed by atoms with Crippen LogP contribution in [0.5, 0.6) is 0 Å². The first-order valence-corrected chi connectivity index (χ1v) is 4.34. The molecule has 0 rings (SSSR count). The molecule has 0 aromatic rings. The van der Waals surface area contributed by atoms with Gasteiger partial charge in [-0.05, 0) is 25.7 Å². The van der Waals surface area contributed by atoms with Crippen molar-refractivity contribution in [3.8, 4) is 0 Å². The third-order valence-electron chi connectivity index (χ3n) is 1.86. The Labute approximate surface area is 64.5 Å². The van der Waals surface area contributed by atoms with Gasteiger partial charge in [-0.2, -0.15) is 0 Å². The van der Waals surface area contributed by atoms with E-state index in [1.165, 1.54) is 19.3 Å². The van der Waals surface area contributed by atoms with Crippen molar-refractivity contribution >= 4 is 0 Å². The quantitative estimate of drug-likeness (QED) is 0.628. The molecule has 1 heteroatoms. The summed E-state index contributed by atoms with van der Waals surface area (Å²) in [5, 5.41) is 8.97. The van der Waals surface area contributed by atoms with Crippen LogP contribution in [0.2, 0.25) is 0 Å². The highest BCUT2D eigenvalue weighted by molar-refractivity contribution is 4.55. The second-order valence-corrected chi connectivity index (χ2v) is 3.32. The van der Waals surface area contributed by atoms with Gasteiger partial charge in [0.25, 0.3) is 0 Å². The number of rotatable bonds is 5. The van der Waals surface area contributed by atoms with E-state index in [-0.39, 0.29) is 6.10 Å². The molecule has 1 unspecified atom stereocenters. The van der Waals surface area contributed by atoms with E-state index in [4.69, 9.17) is 5.11 Å². The first-order valence-electron chi connectivity index (χ1n) is 4.34. The highest BCUT2D eigenvalue weighted by Crippen LogP contribution is 2.13. The normalized spacial score (nSPS) is 16.8. The Kier molecular flexibility index (Phi) is 5.70. The van der Waals surface area contributed by atoms with E-state index >= 15 is 0 Å². The summed E-state index contributed by atoms with van der Waals surface area (Å²) in [5.41, 5.74) is 0. The van der Waals surface area contributed by atoms with Crippen molar-refractivity contribution in [2.75, 3.05) is 0 Å². The third kappa shape index (κ3) is 6.09. The van der Waals surface area contributed by atoms with Crippen molar-refractivity contribution < 1.29 is 5.11 Å². The SMILES string of the molecule is CCCC(C)CC[C@H](C)O. The maximum atomic E-state index is 8.97. The van der Waals surface area contributed by atoms with Crippen LogP contribution in [0.3, 0.4) is 0 Å². The van der Waals surface area contributed by atoms with Gasteiger partial charge >= 0.3 is 0 Å². The van der Waals surface area contributed by atoms with Crippen molar-refractivity contribution in [3.05, 3.63) is 0 Å². The summed E-state index contributed by atoms with van der Waals surface area (Å²) >= 11 is 0. The number of hydrogen-bond donors (Lipinski definition) is 1. The van der Waals surface area contributed by atoms with Crippen LogP contribution in [0.25, 0.3) is 0 Å². The first kappa shape index (κ1) is 9.96. The standard InChI is InChI=1S/C9H20O/c1-4-5-8(2)6-7-9(3)10/h8-10H,4-7H2,1-3H3/t8?,9-/m0/s1. The Morgan fingerprint density at radius 2 is 1.70 bits per heavy atom. The van der Waals surface area contributed by atoms with Crippen LogP contribution in [-0.2, 0) is 0 Å². The van der Waals surface area contributed by atoms with Gasteiger partial charge in [-0.15, -0.1) is 0 Å². The minimum absolute atomic E-state index is 0.112. The lowest BCUT2D eigenvalue weighted by Gasteiger charge is -2.10. The van der Waals surface area contributed by atoms with Crippen LogP contribution in [0.1, 0.15) is 46.5 Å². The zero-order chi connectivity index (χ0) is 7.98. The molecule has 0 amide bonds. The Balaban J connectivity index is 3.12. The van der Waals surface area contributed by atoms with Crippen molar-refractivity contribution in [2.24, 2.45) is 5.92 Å². The molecule has 0 aliphatic heterocycles. The lowest BCUT2D eigenvalue weighted by molar-refractivity contribution is 0.173. The minimum Gasteiger partial charge on any atom is -0.393 e. The second kappa shape index (κ2) is 5.72. The molecular weight excluding hydrogens is 124 g/mol. The highest BCUT2D eigenvalue weighted by atomic mass is 16.3. The maximum Gasteiger partial charge on any atom is 0.0512 e. The topological polar surface area (TPSA) is 20.2 Å². The van der Waals surface area contributed by atoms with Crippen LogP contribution in [0.15, 0.2) is 0 Å². The van der Waals surface area contributed by atoms with Gasteiger partial charge in [-0.3, -0.25) is 0 Å². The number of aliphatic hydroxyl groups excluding tert-OH is 1. The van der Waals surface area contributed by atoms with Crippen molar-refractivity contribution in [3.63, 3.8) is 0 Å². The molecule has 1 N–H and O–H groups in total. The molecule has 2 atom stereocenters. The smallest absolute Gasteiger partial charge is 0.0512 e. The van der Waals surface area contributed by atoms with E-state index in [0.717, 1.165) is 12.3 Å². The fourth-order valence-electron chi connectivity index (χ4n) is 1.16. The zero-order valence-electron chi connectivity index (χ0n) is 7.43. The average molecular weight is 144 g/mol. The van der Waals surface area contributed by atoms with Crippen molar-refractivity contribution in [1.82, 2.24) is 0 Å². The summed E-state index contributed by atoms with van der Waals surface area (Å²) < 4.78 is 0. The Bertz CT molecular complexity index is 69.1. The molecule has 62 valence electrons. The van der Waals surface area contributed by atoms with Gasteiger partial charge in [-0.1, -0.05) is 26.7 Å². The summed E-state index contributed by atoms with van der Waals surface area (Å²) in [4.78, 5) is 0. The van der Waals surface area contributed by atoms with Crippen LogP contribution in [0, 0.1) is 5.92 Å². The molecule has 0 radical (unpaired) electrons. The molecule has 0 aliphatic rings. The van der Waals surface area contributed by atoms with Crippen molar-refractivity contribution in [2.45, 2.75) is 52.6 Å². The predicted octanol–water partition coefficient (Wildman–Crippen LogP) is 2.58. The molecule has 0 aromatic carbocycles. The second-order valence-electron chi connectivity index (χ2n) is 3.32. The van der Waals surface area contributed by atoms with Gasteiger partial charge in [0.15, 0.2) is 0 Å². The summed E-state index contributed by atoms with van der Waals surface area (Å²) in [6.07, 6.45) is 4.58. The summed E-state index contributed by atoms with van der Waals surface area (Å²) in [5.74, 6) is 0.791. The third-order valence-corrected chi connectivity index (χ3v) is 1.86. The Hall–Kier alpha value is -0.0400. The molecule has 0 bridgehead atoms. The van der Waals surface area contributed by atoms with Gasteiger partial charge in [0, 0.05) is 0 Å². The van der Waals surface area contributed by atoms with E-state index < -0.39 is 0 Å². The molecule has 0 spiro atoms. The van der Waals surface area contributed by atoms with Crippen molar-refractivity contribution in [1.29, 1.82) is 0 Å². The summed E-state index contributed by atoms with van der Waals surface area (Å²) in [6, 6.07) is 0. The zero-order valence-corrected chi connectivity index (χ0v) is 7.43. The van der Waals surface area contributed by atoms with Crippen LogP contribution in [0.4, 0.5) is 0 Å². The van der Waals surface area contributed by atoms with Gasteiger partial charge in [0.2, 0.25) is 0 Å². The molecule has 10 heavy (non-hydrogen) atoms. The number of hydrogen-bond acceptors (Lipinski definition) is 1. The molecule has 0 aliphatic carbocycles. The fraction of sp³-hybridized carbons (Fsp3) is 1.00. The van der Waals surface area contributed by atoms with Gasteiger partial charge in [0.1, 0.15) is 0 Å². The van der Waals surface area contributed by atoms with E-state index in [2.05, 4.69) is 13.8 Å². The molecule has 0 aromatic heterocycles. The summed E-state index contributed by atoms with van der Waals surface area (Å²) in [7, 11) is 0. The Morgan fingerprint density at radius 3 is 2.10 bits per heavy atom. The minimum atomic E-state index is -0.112. The molecular formula is C9H20O. The van der Waals surface area contributed by atoms with E-state index in [0.29, 0.717) is 0 Å². The molecule has 0 saturated carbocycles. The summed E-state index contributed by atoms with van der Waals surface area (Å²) in [6.45, 7) is 6.32. The Morgan fingerprint density at radius 1 is 1.10 bits per heavy atom. The molecule has 0 heterocycles. The lowest BCUT2D eigenvalue weighted by atomic mass is 9.99. The van der Waals surface area contributed by atoms with Crippen LogP contribution < -0.4 is 0 Å². The largest absolute Gasteiger partial charge is 0.393 e. The highest BCUT2D eigenvalue weighted by Gasteiger charge is 2.02. The lowest BCUT2D eigenvalue weighted by Crippen LogP contribution is -2.03. The van der Waals surface area contributed by atoms with Gasteiger partial charge in [0.05, 0.1) is 6.10 Å². The van der Waals surface area contributed by atoms with Gasteiger partial charge < -0.3 is 5.11 Å². The first-order chi connectivity index (χ1) is 4.66. The monoisotopic (exact) mass is 144 g/mol. The fourth-order valence-corrected chi connectivity index (χ4v) is 1.16. The molecule has 0 saturated heterocycles. The maximum absolute atomic E-state index is 8.97. The van der Waals surface area contributed by atoms with E-state index in [1.807, 2.05) is 6.92 Å². The molecule has 1 nitrogen and oxygen atoms in total. The van der Waals surface area contributed by atoms with Crippen LogP contribution >= 0.6 is 0 Å². The average Bonchev–Trinajstić information content (AvgIpc) is 1.85. The predicted molar refractivity (Wildman–Crippen MR) is 45.0 cm³/mol. The van der Waals surface area contributed by atoms with Gasteiger partial charge in [-0.25, -0.2) is 0 Å². The molecule has 0 fully saturated rings. The number of aliphatic hydroxyl groups is 1. The van der Waals surface area contributed by atoms with E-state index in [9.17, 15) is 0 Å².